The molecule has 0 aliphatic heterocycles. The summed E-state index contributed by atoms with van der Waals surface area (Å²) in [5, 5.41) is 9.42. The van der Waals surface area contributed by atoms with E-state index in [0.717, 1.165) is 0 Å². The Hall–Kier alpha value is -3.42. The lowest BCUT2D eigenvalue weighted by molar-refractivity contribution is 0.102. The number of carbonyl (C=O) groups excluding carboxylic acids is 1. The largest absolute Gasteiger partial charge is 0.497 e. The van der Waals surface area contributed by atoms with Crippen LogP contribution in [0.2, 0.25) is 0 Å². The average molecular weight is 325 g/mol. The second kappa shape index (κ2) is 6.78. The van der Waals surface area contributed by atoms with Gasteiger partial charge in [-0.1, -0.05) is 11.2 Å². The highest BCUT2D eigenvalue weighted by Gasteiger charge is 2.09. The number of nitrogens with one attached hydrogen (secondary N) is 2. The molecule has 0 saturated heterocycles. The summed E-state index contributed by atoms with van der Waals surface area (Å²) in [7, 11) is 1.57. The predicted octanol–water partition coefficient (Wildman–Crippen LogP) is 2.78. The first-order valence-corrected chi connectivity index (χ1v) is 7.12. The van der Waals surface area contributed by atoms with Crippen molar-refractivity contribution in [1.29, 1.82) is 0 Å². The third-order valence-corrected chi connectivity index (χ3v) is 3.11. The molecule has 0 saturated carbocycles. The quantitative estimate of drug-likeness (QED) is 0.743. The molecular weight excluding hydrogens is 310 g/mol. The monoisotopic (exact) mass is 325 g/mol. The van der Waals surface area contributed by atoms with Crippen LogP contribution in [0.3, 0.4) is 0 Å². The first-order chi connectivity index (χ1) is 11.6. The molecule has 0 atom stereocenters. The number of hydrogen-bond donors (Lipinski definition) is 2. The summed E-state index contributed by atoms with van der Waals surface area (Å²) in [6.07, 6.45) is 2.86. The fourth-order valence-corrected chi connectivity index (χ4v) is 1.95. The standard InChI is InChI=1S/C16H15N5O3/c1-10-6-14(21-24-10)20-16-17-8-11(9-18-16)15(22)19-12-4-3-5-13(7-12)23-2/h3-9H,1-2H3,(H,19,22)(H,17,18,20,21). The third kappa shape index (κ3) is 3.67. The van der Waals surface area contributed by atoms with Crippen molar-refractivity contribution in [2.45, 2.75) is 6.92 Å². The Morgan fingerprint density at radius 1 is 1.21 bits per heavy atom. The van der Waals surface area contributed by atoms with E-state index in [1.165, 1.54) is 12.4 Å². The predicted molar refractivity (Wildman–Crippen MR) is 87.5 cm³/mol. The summed E-state index contributed by atoms with van der Waals surface area (Å²) in [5.74, 6) is 1.84. The van der Waals surface area contributed by atoms with Crippen LogP contribution in [0, 0.1) is 6.92 Å². The molecule has 2 N–H and O–H groups in total. The van der Waals surface area contributed by atoms with Crippen molar-refractivity contribution in [1.82, 2.24) is 15.1 Å². The molecule has 0 fully saturated rings. The van der Waals surface area contributed by atoms with Crippen molar-refractivity contribution in [2.24, 2.45) is 0 Å². The second-order valence-electron chi connectivity index (χ2n) is 4.93. The molecule has 3 aromatic rings. The highest BCUT2D eigenvalue weighted by atomic mass is 16.5. The number of hydrogen-bond acceptors (Lipinski definition) is 7. The van der Waals surface area contributed by atoms with Gasteiger partial charge in [0, 0.05) is 30.2 Å². The Balaban J connectivity index is 1.67. The fourth-order valence-electron chi connectivity index (χ4n) is 1.95. The summed E-state index contributed by atoms with van der Waals surface area (Å²) >= 11 is 0. The van der Waals surface area contributed by atoms with E-state index in [9.17, 15) is 4.79 Å². The number of aromatic nitrogens is 3. The number of methoxy groups -OCH3 is 1. The molecule has 2 aromatic heterocycles. The molecular formula is C16H15N5O3. The van der Waals surface area contributed by atoms with Gasteiger partial charge in [-0.15, -0.1) is 0 Å². The number of rotatable bonds is 5. The van der Waals surface area contributed by atoms with Gasteiger partial charge in [0.1, 0.15) is 11.5 Å². The van der Waals surface area contributed by atoms with Gasteiger partial charge >= 0.3 is 0 Å². The molecule has 24 heavy (non-hydrogen) atoms. The summed E-state index contributed by atoms with van der Waals surface area (Å²) in [5.41, 5.74) is 0.958. The van der Waals surface area contributed by atoms with Gasteiger partial charge in [-0.3, -0.25) is 4.79 Å². The van der Waals surface area contributed by atoms with Crippen LogP contribution < -0.4 is 15.4 Å². The molecule has 0 unspecified atom stereocenters. The number of anilines is 3. The number of carbonyl (C=O) groups is 1. The number of nitrogens with zero attached hydrogens (tertiary/aromatic N) is 3. The van der Waals surface area contributed by atoms with Crippen LogP contribution in [-0.2, 0) is 0 Å². The minimum absolute atomic E-state index is 0.313. The van der Waals surface area contributed by atoms with Gasteiger partial charge in [-0.2, -0.15) is 0 Å². The number of aryl methyl sites for hydroxylation is 1. The van der Waals surface area contributed by atoms with Crippen molar-refractivity contribution in [3.63, 3.8) is 0 Å². The fraction of sp³-hybridized carbons (Fsp3) is 0.125. The highest BCUT2D eigenvalue weighted by Crippen LogP contribution is 2.17. The van der Waals surface area contributed by atoms with Gasteiger partial charge in [-0.25, -0.2) is 9.97 Å². The van der Waals surface area contributed by atoms with Gasteiger partial charge in [0.15, 0.2) is 5.82 Å². The Labute approximate surface area is 137 Å². The Bertz CT molecular complexity index is 845. The van der Waals surface area contributed by atoms with E-state index in [4.69, 9.17) is 9.26 Å². The molecule has 8 heteroatoms. The van der Waals surface area contributed by atoms with E-state index >= 15 is 0 Å². The minimum Gasteiger partial charge on any atom is -0.497 e. The molecule has 122 valence electrons. The summed E-state index contributed by atoms with van der Waals surface area (Å²) in [6, 6.07) is 8.79. The maximum absolute atomic E-state index is 12.2. The molecule has 0 aliphatic rings. The second-order valence-corrected chi connectivity index (χ2v) is 4.93. The summed E-state index contributed by atoms with van der Waals surface area (Å²) < 4.78 is 10.1. The SMILES string of the molecule is COc1cccc(NC(=O)c2cnc(Nc3cc(C)on3)nc2)c1. The molecule has 1 aromatic carbocycles. The lowest BCUT2D eigenvalue weighted by Gasteiger charge is -2.07. The van der Waals surface area contributed by atoms with Crippen molar-refractivity contribution in [2.75, 3.05) is 17.7 Å². The lowest BCUT2D eigenvalue weighted by atomic mass is 10.2. The number of ether oxygens (including phenoxy) is 1. The van der Waals surface area contributed by atoms with Crippen LogP contribution in [0.1, 0.15) is 16.1 Å². The summed E-state index contributed by atoms with van der Waals surface area (Å²) in [6.45, 7) is 1.78. The maximum atomic E-state index is 12.2. The number of amides is 1. The maximum Gasteiger partial charge on any atom is 0.258 e. The van der Waals surface area contributed by atoms with Crippen molar-refractivity contribution < 1.29 is 14.1 Å². The third-order valence-electron chi connectivity index (χ3n) is 3.11. The van der Waals surface area contributed by atoms with Crippen LogP contribution in [0.15, 0.2) is 47.2 Å². The molecule has 0 bridgehead atoms. The van der Waals surface area contributed by atoms with Gasteiger partial charge in [0.25, 0.3) is 5.91 Å². The smallest absolute Gasteiger partial charge is 0.258 e. The molecule has 0 aliphatic carbocycles. The molecule has 1 amide bonds. The Kier molecular flexibility index (Phi) is 4.37. The topological polar surface area (TPSA) is 102 Å². The minimum atomic E-state index is -0.313. The van der Waals surface area contributed by atoms with E-state index in [1.807, 2.05) is 0 Å². The molecule has 0 spiro atoms. The van der Waals surface area contributed by atoms with E-state index in [2.05, 4.69) is 25.8 Å². The van der Waals surface area contributed by atoms with Crippen LogP contribution in [-0.4, -0.2) is 28.1 Å². The number of benzene rings is 1. The molecule has 2 heterocycles. The van der Waals surface area contributed by atoms with Crippen LogP contribution in [0.4, 0.5) is 17.5 Å². The molecule has 8 nitrogen and oxygen atoms in total. The van der Waals surface area contributed by atoms with E-state index < -0.39 is 0 Å². The van der Waals surface area contributed by atoms with Crippen molar-refractivity contribution in [3.05, 3.63) is 54.0 Å². The van der Waals surface area contributed by atoms with Gasteiger partial charge in [-0.05, 0) is 19.1 Å². The first kappa shape index (κ1) is 15.5. The van der Waals surface area contributed by atoms with E-state index in [0.29, 0.717) is 34.5 Å². The zero-order chi connectivity index (χ0) is 16.9. The van der Waals surface area contributed by atoms with Crippen molar-refractivity contribution in [3.8, 4) is 5.75 Å². The van der Waals surface area contributed by atoms with Gasteiger partial charge < -0.3 is 19.9 Å². The van der Waals surface area contributed by atoms with Crippen LogP contribution in [0.25, 0.3) is 0 Å². The van der Waals surface area contributed by atoms with Gasteiger partial charge in [0.2, 0.25) is 5.95 Å². The molecule has 3 rings (SSSR count). The van der Waals surface area contributed by atoms with E-state index in [-0.39, 0.29) is 5.91 Å². The lowest BCUT2D eigenvalue weighted by Crippen LogP contribution is -2.13. The van der Waals surface area contributed by atoms with Crippen LogP contribution >= 0.6 is 0 Å². The Morgan fingerprint density at radius 3 is 2.67 bits per heavy atom. The van der Waals surface area contributed by atoms with E-state index in [1.54, 1.807) is 44.4 Å². The zero-order valence-electron chi connectivity index (χ0n) is 13.1. The average Bonchev–Trinajstić information content (AvgIpc) is 3.00. The zero-order valence-corrected chi connectivity index (χ0v) is 13.1. The Morgan fingerprint density at radius 2 is 2.00 bits per heavy atom. The van der Waals surface area contributed by atoms with Crippen molar-refractivity contribution >= 4 is 23.4 Å². The normalized spacial score (nSPS) is 10.2. The highest BCUT2D eigenvalue weighted by molar-refractivity contribution is 6.04. The first-order valence-electron chi connectivity index (χ1n) is 7.12. The van der Waals surface area contributed by atoms with Gasteiger partial charge in [0.05, 0.1) is 12.7 Å². The molecule has 0 radical (unpaired) electrons. The van der Waals surface area contributed by atoms with Crippen LogP contribution in [0.5, 0.6) is 5.75 Å². The summed E-state index contributed by atoms with van der Waals surface area (Å²) in [4.78, 5) is 20.4.